The number of rotatable bonds is 3. The lowest BCUT2D eigenvalue weighted by Crippen LogP contribution is -2.09. The molecule has 2 aromatic rings. The van der Waals surface area contributed by atoms with Crippen LogP contribution in [0.5, 0.6) is 0 Å². The molecule has 2 aromatic carbocycles. The zero-order valence-electron chi connectivity index (χ0n) is 10.4. The maximum absolute atomic E-state index is 13.4. The molecule has 1 unspecified atom stereocenters. The van der Waals surface area contributed by atoms with Crippen LogP contribution in [0.4, 0.5) is 27.6 Å². The number of anilines is 1. The molecule has 0 spiro atoms. The lowest BCUT2D eigenvalue weighted by atomic mass is 10.1. The van der Waals surface area contributed by atoms with E-state index in [0.29, 0.717) is 18.2 Å². The zero-order chi connectivity index (χ0) is 14.9. The molecule has 2 rings (SSSR count). The Hall–Kier alpha value is -2.11. The van der Waals surface area contributed by atoms with Crippen molar-refractivity contribution in [3.63, 3.8) is 0 Å². The Morgan fingerprint density at radius 2 is 1.30 bits per heavy atom. The lowest BCUT2D eigenvalue weighted by Gasteiger charge is -2.16. The molecule has 0 radical (unpaired) electrons. The van der Waals surface area contributed by atoms with E-state index in [9.17, 15) is 22.0 Å². The molecule has 20 heavy (non-hydrogen) atoms. The second kappa shape index (κ2) is 5.48. The number of nitrogens with one attached hydrogen (secondary N) is 1. The van der Waals surface area contributed by atoms with Gasteiger partial charge in [0.15, 0.2) is 11.6 Å². The molecule has 0 aliphatic heterocycles. The first-order chi connectivity index (χ1) is 9.36. The van der Waals surface area contributed by atoms with Gasteiger partial charge in [0.05, 0.1) is 5.69 Å². The van der Waals surface area contributed by atoms with Crippen molar-refractivity contribution >= 4 is 5.69 Å². The van der Waals surface area contributed by atoms with Crippen LogP contribution in [0.25, 0.3) is 0 Å². The van der Waals surface area contributed by atoms with E-state index in [0.717, 1.165) is 12.1 Å². The Labute approximate surface area is 112 Å². The maximum atomic E-state index is 13.4. The van der Waals surface area contributed by atoms with Gasteiger partial charge in [-0.1, -0.05) is 0 Å². The lowest BCUT2D eigenvalue weighted by molar-refractivity contribution is 0.495. The van der Waals surface area contributed by atoms with Crippen molar-refractivity contribution in [3.8, 4) is 0 Å². The van der Waals surface area contributed by atoms with Crippen LogP contribution in [0.1, 0.15) is 18.5 Å². The van der Waals surface area contributed by atoms with Gasteiger partial charge in [0, 0.05) is 24.2 Å². The van der Waals surface area contributed by atoms with Crippen LogP contribution >= 0.6 is 0 Å². The molecule has 0 bridgehead atoms. The first-order valence-corrected chi connectivity index (χ1v) is 5.74. The van der Waals surface area contributed by atoms with E-state index in [4.69, 9.17) is 0 Å². The molecule has 1 atom stereocenters. The molecular formula is C14H10F5N. The van der Waals surface area contributed by atoms with Crippen LogP contribution in [0.2, 0.25) is 0 Å². The average Bonchev–Trinajstić information content (AvgIpc) is 2.34. The zero-order valence-corrected chi connectivity index (χ0v) is 10.4. The summed E-state index contributed by atoms with van der Waals surface area (Å²) in [6.45, 7) is 1.51. The number of benzene rings is 2. The van der Waals surface area contributed by atoms with Gasteiger partial charge in [-0.3, -0.25) is 0 Å². The van der Waals surface area contributed by atoms with Crippen molar-refractivity contribution in [1.82, 2.24) is 0 Å². The predicted octanol–water partition coefficient (Wildman–Crippen LogP) is 4.56. The fourth-order valence-electron chi connectivity index (χ4n) is 1.77. The first kappa shape index (κ1) is 14.3. The van der Waals surface area contributed by atoms with Gasteiger partial charge < -0.3 is 5.32 Å². The van der Waals surface area contributed by atoms with Gasteiger partial charge in [-0.2, -0.15) is 0 Å². The van der Waals surface area contributed by atoms with Crippen molar-refractivity contribution in [1.29, 1.82) is 0 Å². The number of hydrogen-bond acceptors (Lipinski definition) is 1. The summed E-state index contributed by atoms with van der Waals surface area (Å²) < 4.78 is 65.4. The average molecular weight is 287 g/mol. The van der Waals surface area contributed by atoms with Crippen molar-refractivity contribution in [2.24, 2.45) is 0 Å². The Morgan fingerprint density at radius 1 is 0.750 bits per heavy atom. The van der Waals surface area contributed by atoms with Crippen LogP contribution in [-0.2, 0) is 0 Å². The van der Waals surface area contributed by atoms with E-state index in [1.165, 1.54) is 6.92 Å². The molecule has 0 aliphatic rings. The third-order valence-corrected chi connectivity index (χ3v) is 2.77. The van der Waals surface area contributed by atoms with E-state index in [2.05, 4.69) is 5.32 Å². The fourth-order valence-corrected chi connectivity index (χ4v) is 1.77. The minimum Gasteiger partial charge on any atom is -0.376 e. The highest BCUT2D eigenvalue weighted by Crippen LogP contribution is 2.24. The van der Waals surface area contributed by atoms with Gasteiger partial charge >= 0.3 is 0 Å². The summed E-state index contributed by atoms with van der Waals surface area (Å²) in [6.07, 6.45) is 0. The second-order valence-electron chi connectivity index (χ2n) is 4.31. The summed E-state index contributed by atoms with van der Waals surface area (Å²) in [7, 11) is 0. The standard InChI is InChI=1S/C14H10F5N/c1-7(8-2-9(15)4-10(16)3-8)20-14-6-12(18)11(17)5-13(14)19/h2-7,20H,1H3. The molecule has 0 aromatic heterocycles. The molecule has 0 saturated carbocycles. The minimum atomic E-state index is -1.31. The summed E-state index contributed by atoms with van der Waals surface area (Å²) in [5.74, 6) is -5.07. The van der Waals surface area contributed by atoms with Crippen LogP contribution in [0.15, 0.2) is 30.3 Å². The maximum Gasteiger partial charge on any atom is 0.161 e. The molecule has 0 fully saturated rings. The van der Waals surface area contributed by atoms with E-state index in [1.54, 1.807) is 0 Å². The molecule has 1 N–H and O–H groups in total. The molecule has 0 heterocycles. The second-order valence-corrected chi connectivity index (χ2v) is 4.31. The van der Waals surface area contributed by atoms with Gasteiger partial charge in [0.25, 0.3) is 0 Å². The van der Waals surface area contributed by atoms with Crippen LogP contribution < -0.4 is 5.32 Å². The molecule has 0 saturated heterocycles. The Morgan fingerprint density at radius 3 is 1.90 bits per heavy atom. The van der Waals surface area contributed by atoms with Gasteiger partial charge in [-0.05, 0) is 24.6 Å². The van der Waals surface area contributed by atoms with E-state index in [1.807, 2.05) is 0 Å². The summed E-state index contributed by atoms with van der Waals surface area (Å²) in [5.41, 5.74) is -0.0762. The first-order valence-electron chi connectivity index (χ1n) is 5.74. The topological polar surface area (TPSA) is 12.0 Å². The molecule has 1 nitrogen and oxygen atoms in total. The summed E-state index contributed by atoms with van der Waals surface area (Å²) >= 11 is 0. The Bertz CT molecular complexity index is 621. The SMILES string of the molecule is CC(Nc1cc(F)c(F)cc1F)c1cc(F)cc(F)c1. The third kappa shape index (κ3) is 3.07. The van der Waals surface area contributed by atoms with E-state index in [-0.39, 0.29) is 11.3 Å². The Kier molecular flexibility index (Phi) is 3.92. The molecule has 106 valence electrons. The highest BCUT2D eigenvalue weighted by molar-refractivity contribution is 5.47. The molecule has 6 heteroatoms. The van der Waals surface area contributed by atoms with Crippen molar-refractivity contribution in [3.05, 3.63) is 65.0 Å². The normalized spacial score (nSPS) is 12.3. The van der Waals surface area contributed by atoms with Crippen LogP contribution in [-0.4, -0.2) is 0 Å². The molecular weight excluding hydrogens is 277 g/mol. The summed E-state index contributed by atoms with van der Waals surface area (Å²) in [5, 5.41) is 2.53. The highest BCUT2D eigenvalue weighted by Gasteiger charge is 2.14. The quantitative estimate of drug-likeness (QED) is 0.645. The minimum absolute atomic E-state index is 0.214. The van der Waals surface area contributed by atoms with Gasteiger partial charge in [-0.15, -0.1) is 0 Å². The van der Waals surface area contributed by atoms with Crippen molar-refractivity contribution in [2.45, 2.75) is 13.0 Å². The number of halogens is 5. The monoisotopic (exact) mass is 287 g/mol. The predicted molar refractivity (Wildman–Crippen MR) is 64.7 cm³/mol. The number of hydrogen-bond donors (Lipinski definition) is 1. The smallest absolute Gasteiger partial charge is 0.161 e. The van der Waals surface area contributed by atoms with Crippen LogP contribution in [0, 0.1) is 29.1 Å². The fraction of sp³-hybridized carbons (Fsp3) is 0.143. The largest absolute Gasteiger partial charge is 0.376 e. The Balaban J connectivity index is 2.27. The summed E-state index contributed by atoms with van der Waals surface area (Å²) in [4.78, 5) is 0. The molecule has 0 amide bonds. The highest BCUT2D eigenvalue weighted by atomic mass is 19.2. The van der Waals surface area contributed by atoms with Crippen LogP contribution in [0.3, 0.4) is 0 Å². The van der Waals surface area contributed by atoms with E-state index >= 15 is 0 Å². The molecule has 0 aliphatic carbocycles. The van der Waals surface area contributed by atoms with Crippen molar-refractivity contribution in [2.75, 3.05) is 5.32 Å². The third-order valence-electron chi connectivity index (χ3n) is 2.77. The van der Waals surface area contributed by atoms with Crippen molar-refractivity contribution < 1.29 is 22.0 Å². The van der Waals surface area contributed by atoms with Gasteiger partial charge in [0.2, 0.25) is 0 Å². The van der Waals surface area contributed by atoms with Gasteiger partial charge in [0.1, 0.15) is 17.5 Å². The van der Waals surface area contributed by atoms with Gasteiger partial charge in [-0.25, -0.2) is 22.0 Å². The summed E-state index contributed by atoms with van der Waals surface area (Å²) in [6, 6.07) is 3.19. The van der Waals surface area contributed by atoms with E-state index < -0.39 is 35.1 Å².